The van der Waals surface area contributed by atoms with E-state index in [9.17, 15) is 9.90 Å². The van der Waals surface area contributed by atoms with Crippen molar-refractivity contribution >= 4 is 10.9 Å². The molecular formula is C12H13NO4. The number of hydrogen-bond acceptors (Lipinski definition) is 4. The monoisotopic (exact) mass is 235 g/mol. The summed E-state index contributed by atoms with van der Waals surface area (Å²) in [5.41, 5.74) is 0.130. The molecule has 2 rings (SSSR count). The van der Waals surface area contributed by atoms with Crippen molar-refractivity contribution in [3.05, 3.63) is 40.7 Å². The standard InChI is InChI=1S/C12H13NO4/c1-16-6-7-17-13-10-5-3-2-4-9(10)11(14)8-12(13)15/h2-5,8,14H,6-7H2,1H3. The second-order valence-corrected chi connectivity index (χ2v) is 3.51. The lowest BCUT2D eigenvalue weighted by Gasteiger charge is -2.11. The highest BCUT2D eigenvalue weighted by Crippen LogP contribution is 2.20. The van der Waals surface area contributed by atoms with E-state index in [0.29, 0.717) is 17.5 Å². The Morgan fingerprint density at radius 2 is 2.06 bits per heavy atom. The molecule has 1 N–H and O–H groups in total. The molecule has 0 atom stereocenters. The van der Waals surface area contributed by atoms with E-state index < -0.39 is 5.56 Å². The molecule has 2 aromatic rings. The molecule has 0 aliphatic heterocycles. The third kappa shape index (κ3) is 2.24. The zero-order valence-electron chi connectivity index (χ0n) is 9.42. The Labute approximate surface area is 97.8 Å². The summed E-state index contributed by atoms with van der Waals surface area (Å²) in [5, 5.41) is 10.2. The van der Waals surface area contributed by atoms with Gasteiger partial charge < -0.3 is 14.7 Å². The Balaban J connectivity index is 2.50. The van der Waals surface area contributed by atoms with Crippen LogP contribution in [-0.4, -0.2) is 30.2 Å². The number of nitrogens with zero attached hydrogens (tertiary/aromatic N) is 1. The first-order valence-corrected chi connectivity index (χ1v) is 5.20. The van der Waals surface area contributed by atoms with Crippen molar-refractivity contribution in [2.45, 2.75) is 0 Å². The third-order valence-electron chi connectivity index (χ3n) is 2.37. The number of rotatable bonds is 4. The second kappa shape index (κ2) is 4.88. The number of pyridine rings is 1. The fraction of sp³-hybridized carbons (Fsp3) is 0.250. The lowest BCUT2D eigenvalue weighted by atomic mass is 10.2. The van der Waals surface area contributed by atoms with Gasteiger partial charge in [-0.2, -0.15) is 0 Å². The Hall–Kier alpha value is -2.01. The van der Waals surface area contributed by atoms with Crippen LogP contribution in [0.25, 0.3) is 10.9 Å². The first-order valence-electron chi connectivity index (χ1n) is 5.20. The van der Waals surface area contributed by atoms with Crippen LogP contribution < -0.4 is 10.4 Å². The van der Waals surface area contributed by atoms with Crippen molar-refractivity contribution in [2.24, 2.45) is 0 Å². The van der Waals surface area contributed by atoms with Gasteiger partial charge in [0.25, 0.3) is 5.56 Å². The van der Waals surface area contributed by atoms with Gasteiger partial charge in [-0.25, -0.2) is 0 Å². The molecule has 1 aromatic heterocycles. The summed E-state index contributed by atoms with van der Waals surface area (Å²) in [6.45, 7) is 0.660. The van der Waals surface area contributed by atoms with Crippen LogP contribution in [0.1, 0.15) is 0 Å². The van der Waals surface area contributed by atoms with Gasteiger partial charge in [0.2, 0.25) is 0 Å². The minimum absolute atomic E-state index is 0.0443. The second-order valence-electron chi connectivity index (χ2n) is 3.51. The van der Waals surface area contributed by atoms with Crippen LogP contribution in [0.15, 0.2) is 35.1 Å². The summed E-state index contributed by atoms with van der Waals surface area (Å²) < 4.78 is 6.01. The van der Waals surface area contributed by atoms with Gasteiger partial charge in [0, 0.05) is 18.6 Å². The summed E-state index contributed by atoms with van der Waals surface area (Å²) in [5.74, 6) is -0.0443. The van der Waals surface area contributed by atoms with Gasteiger partial charge >= 0.3 is 0 Å². The molecule has 1 aromatic carbocycles. The fourth-order valence-corrected chi connectivity index (χ4v) is 1.58. The topological polar surface area (TPSA) is 60.7 Å². The van der Waals surface area contributed by atoms with E-state index in [1.807, 2.05) is 0 Å². The normalized spacial score (nSPS) is 10.6. The molecular weight excluding hydrogens is 222 g/mol. The number of methoxy groups -OCH3 is 1. The summed E-state index contributed by atoms with van der Waals surface area (Å²) in [7, 11) is 1.56. The van der Waals surface area contributed by atoms with Gasteiger partial charge in [0.15, 0.2) is 0 Å². The van der Waals surface area contributed by atoms with Crippen LogP contribution in [0.5, 0.6) is 5.75 Å². The molecule has 0 bridgehead atoms. The number of fused-ring (bicyclic) bond motifs is 1. The molecule has 0 aliphatic rings. The molecule has 5 heteroatoms. The molecule has 0 radical (unpaired) electrons. The molecule has 1 heterocycles. The maximum atomic E-state index is 11.7. The SMILES string of the molecule is COCCOn1c(=O)cc(O)c2ccccc21. The van der Waals surface area contributed by atoms with Crippen molar-refractivity contribution in [1.29, 1.82) is 0 Å². The largest absolute Gasteiger partial charge is 0.507 e. The van der Waals surface area contributed by atoms with Crippen molar-refractivity contribution < 1.29 is 14.7 Å². The lowest BCUT2D eigenvalue weighted by Crippen LogP contribution is -2.28. The van der Waals surface area contributed by atoms with Crippen LogP contribution in [0, 0.1) is 0 Å². The van der Waals surface area contributed by atoms with E-state index in [0.717, 1.165) is 10.8 Å². The first-order chi connectivity index (χ1) is 8.24. The highest BCUT2D eigenvalue weighted by atomic mass is 16.7. The molecule has 0 aliphatic carbocycles. The van der Waals surface area contributed by atoms with Gasteiger partial charge in [0.1, 0.15) is 12.4 Å². The molecule has 0 saturated heterocycles. The molecule has 90 valence electrons. The number of benzene rings is 1. The van der Waals surface area contributed by atoms with Crippen molar-refractivity contribution in [3.8, 4) is 5.75 Å². The van der Waals surface area contributed by atoms with Crippen molar-refractivity contribution in [3.63, 3.8) is 0 Å². The summed E-state index contributed by atoms with van der Waals surface area (Å²) >= 11 is 0. The van der Waals surface area contributed by atoms with Crippen LogP contribution in [0.3, 0.4) is 0 Å². The molecule has 0 unspecified atom stereocenters. The van der Waals surface area contributed by atoms with E-state index in [2.05, 4.69) is 0 Å². The van der Waals surface area contributed by atoms with Gasteiger partial charge in [-0.1, -0.05) is 12.1 Å². The van der Waals surface area contributed by atoms with Crippen LogP contribution in [0.4, 0.5) is 0 Å². The summed E-state index contributed by atoms with van der Waals surface area (Å²) in [6.07, 6.45) is 0. The van der Waals surface area contributed by atoms with Crippen LogP contribution in [-0.2, 0) is 4.74 Å². The Bertz CT molecular complexity index is 576. The molecule has 0 fully saturated rings. The smallest absolute Gasteiger partial charge is 0.287 e. The van der Waals surface area contributed by atoms with Crippen molar-refractivity contribution in [1.82, 2.24) is 4.73 Å². The van der Waals surface area contributed by atoms with E-state index in [-0.39, 0.29) is 12.4 Å². The number of para-hydroxylation sites is 1. The van der Waals surface area contributed by atoms with Crippen LogP contribution in [0.2, 0.25) is 0 Å². The van der Waals surface area contributed by atoms with Gasteiger partial charge in [-0.15, -0.1) is 4.73 Å². The quantitative estimate of drug-likeness (QED) is 0.796. The fourth-order valence-electron chi connectivity index (χ4n) is 1.58. The van der Waals surface area contributed by atoms with E-state index >= 15 is 0 Å². The number of aromatic nitrogens is 1. The highest BCUT2D eigenvalue weighted by molar-refractivity contribution is 5.84. The van der Waals surface area contributed by atoms with Crippen molar-refractivity contribution in [2.75, 3.05) is 20.3 Å². The van der Waals surface area contributed by atoms with Gasteiger partial charge in [-0.3, -0.25) is 4.79 Å². The Kier molecular flexibility index (Phi) is 3.30. The van der Waals surface area contributed by atoms with Gasteiger partial charge in [-0.05, 0) is 12.1 Å². The number of hydrogen-bond donors (Lipinski definition) is 1. The van der Waals surface area contributed by atoms with Crippen LogP contribution >= 0.6 is 0 Å². The Morgan fingerprint density at radius 1 is 1.29 bits per heavy atom. The highest BCUT2D eigenvalue weighted by Gasteiger charge is 2.07. The number of ether oxygens (including phenoxy) is 1. The summed E-state index contributed by atoms with van der Waals surface area (Å²) in [6, 6.07) is 8.13. The maximum Gasteiger partial charge on any atom is 0.287 e. The zero-order chi connectivity index (χ0) is 12.3. The van der Waals surface area contributed by atoms with E-state index in [4.69, 9.17) is 9.57 Å². The van der Waals surface area contributed by atoms with E-state index in [1.165, 1.54) is 0 Å². The minimum atomic E-state index is -0.405. The first kappa shape index (κ1) is 11.5. The zero-order valence-corrected chi connectivity index (χ0v) is 9.42. The third-order valence-corrected chi connectivity index (χ3v) is 2.37. The van der Waals surface area contributed by atoms with Gasteiger partial charge in [0.05, 0.1) is 12.1 Å². The molecule has 5 nitrogen and oxygen atoms in total. The molecule has 0 spiro atoms. The average Bonchev–Trinajstić information content (AvgIpc) is 2.33. The molecule has 17 heavy (non-hydrogen) atoms. The predicted octanol–water partition coefficient (Wildman–Crippen LogP) is 0.782. The maximum absolute atomic E-state index is 11.7. The minimum Gasteiger partial charge on any atom is -0.507 e. The lowest BCUT2D eigenvalue weighted by molar-refractivity contribution is 0.0588. The molecule has 0 amide bonds. The molecule has 0 saturated carbocycles. The predicted molar refractivity (Wildman–Crippen MR) is 63.2 cm³/mol. The Morgan fingerprint density at radius 3 is 2.82 bits per heavy atom. The summed E-state index contributed by atoms with van der Waals surface area (Å²) in [4.78, 5) is 17.0. The average molecular weight is 235 g/mol. The van der Waals surface area contributed by atoms with E-state index in [1.54, 1.807) is 31.4 Å². The number of aromatic hydroxyl groups is 1.